The fourth-order valence-electron chi connectivity index (χ4n) is 2.33. The Morgan fingerprint density at radius 3 is 2.86 bits per heavy atom. The fraction of sp³-hybridized carbons (Fsp3) is 0.357. The van der Waals surface area contributed by atoms with E-state index in [0.717, 1.165) is 31.9 Å². The van der Waals surface area contributed by atoms with Crippen LogP contribution in [-0.2, 0) is 6.42 Å². The quantitative estimate of drug-likeness (QED) is 0.902. The third kappa shape index (κ3) is 3.49. The fourth-order valence-corrected chi connectivity index (χ4v) is 2.33. The summed E-state index contributed by atoms with van der Waals surface area (Å²) in [4.78, 5) is 11.9. The minimum absolute atomic E-state index is 0.261. The van der Waals surface area contributed by atoms with E-state index in [1.54, 1.807) is 0 Å². The SMILES string of the molecule is Fc1ccc(Nc2ncc(F)c(C[C@@H]3CCNC3)n2)nc1. The molecule has 0 radical (unpaired) electrons. The van der Waals surface area contributed by atoms with Crippen molar-refractivity contribution < 1.29 is 8.78 Å². The summed E-state index contributed by atoms with van der Waals surface area (Å²) in [6, 6.07) is 2.76. The van der Waals surface area contributed by atoms with Crippen LogP contribution in [0.3, 0.4) is 0 Å². The van der Waals surface area contributed by atoms with Gasteiger partial charge in [0.15, 0.2) is 5.82 Å². The molecular formula is C14H15F2N5. The van der Waals surface area contributed by atoms with E-state index in [2.05, 4.69) is 25.6 Å². The molecule has 0 bridgehead atoms. The zero-order valence-electron chi connectivity index (χ0n) is 11.3. The predicted molar refractivity (Wildman–Crippen MR) is 74.1 cm³/mol. The number of aromatic nitrogens is 3. The number of halogens is 2. The summed E-state index contributed by atoms with van der Waals surface area (Å²) < 4.78 is 26.6. The third-order valence-corrected chi connectivity index (χ3v) is 3.43. The lowest BCUT2D eigenvalue weighted by atomic mass is 10.0. The van der Waals surface area contributed by atoms with Crippen LogP contribution in [0.15, 0.2) is 24.5 Å². The lowest BCUT2D eigenvalue weighted by Gasteiger charge is -2.10. The first kappa shape index (κ1) is 13.8. The monoisotopic (exact) mass is 291 g/mol. The summed E-state index contributed by atoms with van der Waals surface area (Å²) >= 11 is 0. The van der Waals surface area contributed by atoms with Crippen molar-refractivity contribution in [3.8, 4) is 0 Å². The molecule has 0 amide bonds. The Morgan fingerprint density at radius 2 is 2.14 bits per heavy atom. The topological polar surface area (TPSA) is 62.7 Å². The summed E-state index contributed by atoms with van der Waals surface area (Å²) in [5.74, 6) is 0.244. The zero-order chi connectivity index (χ0) is 14.7. The van der Waals surface area contributed by atoms with Gasteiger partial charge in [-0.1, -0.05) is 0 Å². The second kappa shape index (κ2) is 6.09. The highest BCUT2D eigenvalue weighted by atomic mass is 19.1. The molecule has 1 saturated heterocycles. The molecule has 2 aromatic rings. The van der Waals surface area contributed by atoms with Crippen LogP contribution in [0.4, 0.5) is 20.5 Å². The molecule has 21 heavy (non-hydrogen) atoms. The first-order valence-electron chi connectivity index (χ1n) is 6.81. The zero-order valence-corrected chi connectivity index (χ0v) is 11.3. The van der Waals surface area contributed by atoms with Crippen LogP contribution in [0, 0.1) is 17.6 Å². The van der Waals surface area contributed by atoms with Gasteiger partial charge in [-0.3, -0.25) is 0 Å². The maximum absolute atomic E-state index is 13.8. The lowest BCUT2D eigenvalue weighted by molar-refractivity contribution is 0.528. The van der Waals surface area contributed by atoms with E-state index in [9.17, 15) is 8.78 Å². The number of anilines is 2. The van der Waals surface area contributed by atoms with Gasteiger partial charge in [-0.15, -0.1) is 0 Å². The minimum atomic E-state index is -0.421. The van der Waals surface area contributed by atoms with Crippen molar-refractivity contribution in [2.75, 3.05) is 18.4 Å². The molecule has 0 aromatic carbocycles. The number of hydrogen-bond donors (Lipinski definition) is 2. The van der Waals surface area contributed by atoms with E-state index < -0.39 is 11.6 Å². The Labute approximate surface area is 120 Å². The minimum Gasteiger partial charge on any atom is -0.316 e. The molecule has 3 rings (SSSR count). The average molecular weight is 291 g/mol. The Bertz CT molecular complexity index is 611. The molecule has 5 nitrogen and oxygen atoms in total. The molecule has 7 heteroatoms. The second-order valence-electron chi connectivity index (χ2n) is 5.04. The van der Waals surface area contributed by atoms with Crippen LogP contribution in [0.25, 0.3) is 0 Å². The second-order valence-corrected chi connectivity index (χ2v) is 5.04. The third-order valence-electron chi connectivity index (χ3n) is 3.43. The van der Waals surface area contributed by atoms with Gasteiger partial charge in [0.1, 0.15) is 11.6 Å². The van der Waals surface area contributed by atoms with Gasteiger partial charge in [0.25, 0.3) is 0 Å². The van der Waals surface area contributed by atoms with E-state index in [0.29, 0.717) is 23.9 Å². The van der Waals surface area contributed by atoms with E-state index in [-0.39, 0.29) is 5.95 Å². The molecule has 1 atom stereocenters. The van der Waals surface area contributed by atoms with Crippen LogP contribution < -0.4 is 10.6 Å². The molecule has 3 heterocycles. The van der Waals surface area contributed by atoms with Crippen molar-refractivity contribution in [1.82, 2.24) is 20.3 Å². The average Bonchev–Trinajstić information content (AvgIpc) is 2.98. The van der Waals surface area contributed by atoms with Gasteiger partial charge >= 0.3 is 0 Å². The molecule has 2 N–H and O–H groups in total. The maximum Gasteiger partial charge on any atom is 0.228 e. The van der Waals surface area contributed by atoms with Gasteiger partial charge < -0.3 is 10.6 Å². The highest BCUT2D eigenvalue weighted by Gasteiger charge is 2.18. The highest BCUT2D eigenvalue weighted by molar-refractivity contribution is 5.47. The van der Waals surface area contributed by atoms with Crippen molar-refractivity contribution in [3.05, 3.63) is 41.9 Å². The van der Waals surface area contributed by atoms with Crippen molar-refractivity contribution in [3.63, 3.8) is 0 Å². The van der Waals surface area contributed by atoms with Gasteiger partial charge in [-0.05, 0) is 44.0 Å². The van der Waals surface area contributed by atoms with E-state index in [1.165, 1.54) is 12.1 Å². The van der Waals surface area contributed by atoms with Crippen LogP contribution in [0.1, 0.15) is 12.1 Å². The maximum atomic E-state index is 13.8. The first-order valence-corrected chi connectivity index (χ1v) is 6.81. The standard InChI is InChI=1S/C14H15F2N5/c15-10-1-2-13(18-7-10)21-14-19-8-11(16)12(20-14)5-9-3-4-17-6-9/h1-2,7-9,17H,3-6H2,(H,18,19,20,21)/t9-/m0/s1. The van der Waals surface area contributed by atoms with Crippen LogP contribution >= 0.6 is 0 Å². The Balaban J connectivity index is 1.74. The molecule has 1 aliphatic rings. The van der Waals surface area contributed by atoms with E-state index >= 15 is 0 Å². The number of pyridine rings is 1. The normalized spacial score (nSPS) is 17.9. The Morgan fingerprint density at radius 1 is 1.24 bits per heavy atom. The molecule has 1 aliphatic heterocycles. The highest BCUT2D eigenvalue weighted by Crippen LogP contribution is 2.18. The largest absolute Gasteiger partial charge is 0.316 e. The number of rotatable bonds is 4. The van der Waals surface area contributed by atoms with Gasteiger partial charge in [-0.25, -0.2) is 23.7 Å². The van der Waals surface area contributed by atoms with Gasteiger partial charge in [0, 0.05) is 0 Å². The van der Waals surface area contributed by atoms with Crippen LogP contribution in [-0.4, -0.2) is 28.0 Å². The first-order chi connectivity index (χ1) is 10.2. The van der Waals surface area contributed by atoms with Gasteiger partial charge in [0.05, 0.1) is 18.1 Å². The lowest BCUT2D eigenvalue weighted by Crippen LogP contribution is -2.13. The molecule has 1 fully saturated rings. The Hall–Kier alpha value is -2.15. The molecule has 2 aromatic heterocycles. The summed E-state index contributed by atoms with van der Waals surface area (Å²) in [6.45, 7) is 1.84. The number of hydrogen-bond acceptors (Lipinski definition) is 5. The van der Waals surface area contributed by atoms with Crippen molar-refractivity contribution in [2.45, 2.75) is 12.8 Å². The molecular weight excluding hydrogens is 276 g/mol. The summed E-state index contributed by atoms with van der Waals surface area (Å²) in [6.07, 6.45) is 3.84. The predicted octanol–water partition coefficient (Wildman–Crippen LogP) is 2.05. The summed E-state index contributed by atoms with van der Waals surface area (Å²) in [7, 11) is 0. The van der Waals surface area contributed by atoms with Gasteiger partial charge in [-0.2, -0.15) is 0 Å². The van der Waals surface area contributed by atoms with Crippen molar-refractivity contribution in [1.29, 1.82) is 0 Å². The summed E-state index contributed by atoms with van der Waals surface area (Å²) in [5, 5.41) is 6.09. The Kier molecular flexibility index (Phi) is 4.01. The number of nitrogens with one attached hydrogen (secondary N) is 2. The molecule has 0 spiro atoms. The molecule has 0 unspecified atom stereocenters. The van der Waals surface area contributed by atoms with E-state index in [1.807, 2.05) is 0 Å². The van der Waals surface area contributed by atoms with E-state index in [4.69, 9.17) is 0 Å². The molecule has 0 aliphatic carbocycles. The number of nitrogens with zero attached hydrogens (tertiary/aromatic N) is 3. The smallest absolute Gasteiger partial charge is 0.228 e. The van der Waals surface area contributed by atoms with Gasteiger partial charge in [0.2, 0.25) is 5.95 Å². The van der Waals surface area contributed by atoms with Crippen LogP contribution in [0.2, 0.25) is 0 Å². The summed E-state index contributed by atoms with van der Waals surface area (Å²) in [5.41, 5.74) is 0.392. The molecule has 0 saturated carbocycles. The molecule has 110 valence electrons. The van der Waals surface area contributed by atoms with Crippen molar-refractivity contribution >= 4 is 11.8 Å². The van der Waals surface area contributed by atoms with Crippen molar-refractivity contribution in [2.24, 2.45) is 5.92 Å². The van der Waals surface area contributed by atoms with Crippen LogP contribution in [0.5, 0.6) is 0 Å².